The Balaban J connectivity index is 1.54. The highest BCUT2D eigenvalue weighted by Crippen LogP contribution is 2.45. The Kier molecular flexibility index (Phi) is 9.60. The zero-order valence-electron chi connectivity index (χ0n) is 22.5. The Hall–Kier alpha value is -2.37. The van der Waals surface area contributed by atoms with Gasteiger partial charge in [0.25, 0.3) is 17.7 Å². The second-order valence-electron chi connectivity index (χ2n) is 10.3. The summed E-state index contributed by atoms with van der Waals surface area (Å²) in [5, 5.41) is 2.05. The minimum atomic E-state index is -1.39. The van der Waals surface area contributed by atoms with Crippen LogP contribution in [0.4, 0.5) is 5.00 Å². The van der Waals surface area contributed by atoms with Crippen LogP contribution >= 0.6 is 57.7 Å². The number of halogens is 4. The Morgan fingerprint density at radius 3 is 2.15 bits per heavy atom. The maximum absolute atomic E-state index is 13.3. The van der Waals surface area contributed by atoms with Gasteiger partial charge in [0.15, 0.2) is 6.61 Å². The van der Waals surface area contributed by atoms with E-state index in [1.165, 1.54) is 18.4 Å². The SMILES string of the molecule is COC(=O)c1c(NC(=O)COC(=O)[C@H](CC(C)C)N2C(=O)c3c(Cl)c(Cl)c(Cl)c(Cl)c3C2=O)sc2c1CC[C@@H](C)C2. The number of nitrogens with one attached hydrogen (secondary N) is 1. The zero-order chi connectivity index (χ0) is 30.3. The quantitative estimate of drug-likeness (QED) is 0.149. The minimum Gasteiger partial charge on any atom is -0.465 e. The summed E-state index contributed by atoms with van der Waals surface area (Å²) in [6, 6.07) is -1.39. The number of amides is 3. The smallest absolute Gasteiger partial charge is 0.341 e. The van der Waals surface area contributed by atoms with Gasteiger partial charge >= 0.3 is 11.9 Å². The molecule has 2 atom stereocenters. The van der Waals surface area contributed by atoms with Crippen LogP contribution in [0.25, 0.3) is 0 Å². The molecule has 1 aliphatic heterocycles. The summed E-state index contributed by atoms with van der Waals surface area (Å²) in [5.41, 5.74) is 0.629. The lowest BCUT2D eigenvalue weighted by Crippen LogP contribution is -2.47. The lowest BCUT2D eigenvalue weighted by molar-refractivity contribution is -0.151. The van der Waals surface area contributed by atoms with E-state index in [1.807, 2.05) is 0 Å². The van der Waals surface area contributed by atoms with Gasteiger partial charge in [0.1, 0.15) is 11.0 Å². The predicted octanol–water partition coefficient (Wildman–Crippen LogP) is 6.47. The van der Waals surface area contributed by atoms with Crippen molar-refractivity contribution in [3.8, 4) is 0 Å². The largest absolute Gasteiger partial charge is 0.465 e. The number of rotatable bonds is 8. The molecule has 2 heterocycles. The van der Waals surface area contributed by atoms with E-state index < -0.39 is 42.3 Å². The van der Waals surface area contributed by atoms with Crippen molar-refractivity contribution in [2.75, 3.05) is 19.0 Å². The van der Waals surface area contributed by atoms with E-state index in [4.69, 9.17) is 55.9 Å². The molecule has 4 rings (SSSR count). The Morgan fingerprint density at radius 1 is 1.02 bits per heavy atom. The minimum absolute atomic E-state index is 0.0327. The lowest BCUT2D eigenvalue weighted by atomic mass is 9.88. The first kappa shape index (κ1) is 31.6. The van der Waals surface area contributed by atoms with E-state index in [1.54, 1.807) is 13.8 Å². The molecule has 2 aliphatic rings. The molecule has 3 amide bonds. The highest BCUT2D eigenvalue weighted by molar-refractivity contribution is 7.17. The normalized spacial score (nSPS) is 16.9. The first-order valence-electron chi connectivity index (χ1n) is 12.7. The van der Waals surface area contributed by atoms with E-state index in [-0.39, 0.29) is 43.6 Å². The van der Waals surface area contributed by atoms with E-state index in [0.717, 1.165) is 23.3 Å². The molecule has 1 aromatic carbocycles. The lowest BCUT2D eigenvalue weighted by Gasteiger charge is -2.25. The number of thiophene rings is 1. The van der Waals surface area contributed by atoms with Crippen molar-refractivity contribution in [3.63, 3.8) is 0 Å². The monoisotopic (exact) mass is 662 g/mol. The fourth-order valence-electron chi connectivity index (χ4n) is 4.96. The van der Waals surface area contributed by atoms with Crippen LogP contribution in [0, 0.1) is 11.8 Å². The molecular formula is C27H26Cl4N2O7S. The number of imide groups is 1. The number of methoxy groups -OCH3 is 1. The van der Waals surface area contributed by atoms with Crippen molar-refractivity contribution in [2.45, 2.75) is 52.5 Å². The van der Waals surface area contributed by atoms with Crippen LogP contribution in [0.5, 0.6) is 0 Å². The van der Waals surface area contributed by atoms with Gasteiger partial charge in [0, 0.05) is 4.88 Å². The first-order chi connectivity index (χ1) is 19.3. The molecule has 1 N–H and O–H groups in total. The van der Waals surface area contributed by atoms with Crippen LogP contribution in [0.3, 0.4) is 0 Å². The summed E-state index contributed by atoms with van der Waals surface area (Å²) in [7, 11) is 1.27. The summed E-state index contributed by atoms with van der Waals surface area (Å²) in [5.74, 6) is -3.75. The number of fused-ring (bicyclic) bond motifs is 2. The van der Waals surface area contributed by atoms with Gasteiger partial charge in [-0.2, -0.15) is 0 Å². The summed E-state index contributed by atoms with van der Waals surface area (Å²) < 4.78 is 10.2. The highest BCUT2D eigenvalue weighted by Gasteiger charge is 2.47. The second-order valence-corrected chi connectivity index (χ2v) is 13.0. The van der Waals surface area contributed by atoms with Crippen LogP contribution in [-0.4, -0.2) is 54.3 Å². The fraction of sp³-hybridized carbons (Fsp3) is 0.444. The number of hydrogen-bond acceptors (Lipinski definition) is 8. The van der Waals surface area contributed by atoms with Gasteiger partial charge in [0.2, 0.25) is 0 Å². The van der Waals surface area contributed by atoms with E-state index >= 15 is 0 Å². The Morgan fingerprint density at radius 2 is 1.61 bits per heavy atom. The molecule has 0 radical (unpaired) electrons. The molecule has 0 fully saturated rings. The standard InChI is InChI=1S/C27H26Cl4N2O7S/c1-10(2)7-13(33-24(35)17-18(25(33)36)20(29)22(31)21(30)19(17)28)26(37)40-9-15(34)32-23-16(27(38)39-4)12-6-5-11(3)8-14(12)41-23/h10-11,13H,5-9H2,1-4H3,(H,32,34)/t11-,13+/m1/s1. The number of benzene rings is 1. The Labute approximate surface area is 260 Å². The molecule has 220 valence electrons. The summed E-state index contributed by atoms with van der Waals surface area (Å²) in [6.45, 7) is 4.96. The summed E-state index contributed by atoms with van der Waals surface area (Å²) in [6.07, 6.45) is 2.40. The maximum Gasteiger partial charge on any atom is 0.341 e. The van der Waals surface area contributed by atoms with Crippen molar-refractivity contribution >= 4 is 92.4 Å². The molecular weight excluding hydrogens is 638 g/mol. The zero-order valence-corrected chi connectivity index (χ0v) is 26.3. The van der Waals surface area contributed by atoms with Gasteiger partial charge in [-0.15, -0.1) is 11.3 Å². The number of nitrogens with zero attached hydrogens (tertiary/aromatic N) is 1. The topological polar surface area (TPSA) is 119 Å². The van der Waals surface area contributed by atoms with Gasteiger partial charge in [-0.05, 0) is 43.1 Å². The summed E-state index contributed by atoms with van der Waals surface area (Å²) in [4.78, 5) is 67.0. The summed E-state index contributed by atoms with van der Waals surface area (Å²) >= 11 is 25.9. The molecule has 9 nitrogen and oxygen atoms in total. The average Bonchev–Trinajstić information content (AvgIpc) is 3.40. The molecule has 2 aromatic rings. The van der Waals surface area contributed by atoms with Gasteiger partial charge in [-0.1, -0.05) is 67.2 Å². The Bertz CT molecular complexity index is 1430. The number of hydrogen-bond donors (Lipinski definition) is 1. The first-order valence-corrected chi connectivity index (χ1v) is 15.0. The van der Waals surface area contributed by atoms with Gasteiger partial charge in [-0.3, -0.25) is 19.3 Å². The second kappa shape index (κ2) is 12.5. The molecule has 41 heavy (non-hydrogen) atoms. The van der Waals surface area contributed by atoms with Crippen molar-refractivity contribution in [3.05, 3.63) is 47.2 Å². The molecule has 0 saturated heterocycles. The van der Waals surface area contributed by atoms with Crippen molar-refractivity contribution in [1.29, 1.82) is 0 Å². The van der Waals surface area contributed by atoms with Crippen molar-refractivity contribution in [2.24, 2.45) is 11.8 Å². The third-order valence-corrected chi connectivity index (χ3v) is 9.88. The van der Waals surface area contributed by atoms with Crippen LogP contribution in [0.1, 0.15) is 75.1 Å². The van der Waals surface area contributed by atoms with E-state index in [0.29, 0.717) is 27.8 Å². The van der Waals surface area contributed by atoms with Gasteiger partial charge < -0.3 is 14.8 Å². The van der Waals surface area contributed by atoms with Crippen LogP contribution < -0.4 is 5.32 Å². The molecule has 1 aromatic heterocycles. The number of ether oxygens (including phenoxy) is 2. The van der Waals surface area contributed by atoms with Gasteiger partial charge in [0.05, 0.1) is 43.9 Å². The van der Waals surface area contributed by atoms with Crippen molar-refractivity contribution < 1.29 is 33.4 Å². The number of carbonyl (C=O) groups is 5. The molecule has 0 unspecified atom stereocenters. The van der Waals surface area contributed by atoms with E-state index in [9.17, 15) is 24.0 Å². The van der Waals surface area contributed by atoms with Crippen molar-refractivity contribution in [1.82, 2.24) is 4.90 Å². The molecule has 14 heteroatoms. The molecule has 0 saturated carbocycles. The highest BCUT2D eigenvalue weighted by atomic mass is 35.5. The average molecular weight is 664 g/mol. The maximum atomic E-state index is 13.3. The number of esters is 2. The molecule has 0 bridgehead atoms. The van der Waals surface area contributed by atoms with Crippen LogP contribution in [0.15, 0.2) is 0 Å². The predicted molar refractivity (Wildman–Crippen MR) is 157 cm³/mol. The molecule has 1 aliphatic carbocycles. The fourth-order valence-corrected chi connectivity index (χ4v) is 7.38. The van der Waals surface area contributed by atoms with E-state index in [2.05, 4.69) is 12.2 Å². The third-order valence-electron chi connectivity index (χ3n) is 6.91. The van der Waals surface area contributed by atoms with Crippen LogP contribution in [0.2, 0.25) is 20.1 Å². The number of anilines is 1. The van der Waals surface area contributed by atoms with Gasteiger partial charge in [-0.25, -0.2) is 9.59 Å². The van der Waals surface area contributed by atoms with Crippen LogP contribution in [-0.2, 0) is 31.9 Å². The third kappa shape index (κ3) is 5.95. The number of carbonyl (C=O) groups excluding carboxylic acids is 5. The molecule has 0 spiro atoms.